The Balaban J connectivity index is 1.56. The predicted octanol–water partition coefficient (Wildman–Crippen LogP) is 4.88. The first-order chi connectivity index (χ1) is 16.2. The third-order valence-electron chi connectivity index (χ3n) is 5.64. The van der Waals surface area contributed by atoms with Crippen molar-refractivity contribution in [2.45, 2.75) is 44.2 Å². The Hall–Kier alpha value is -3.06. The molecule has 1 amide bonds. The number of rotatable bonds is 9. The Morgan fingerprint density at radius 3 is 2.79 bits per heavy atom. The molecule has 1 N–H and O–H groups in total. The molecule has 1 aromatic heterocycles. The van der Waals surface area contributed by atoms with Gasteiger partial charge in [-0.1, -0.05) is 47.7 Å². The first kappa shape index (κ1) is 23.1. The van der Waals surface area contributed by atoms with Crippen molar-refractivity contribution >= 4 is 28.6 Å². The third-order valence-corrected chi connectivity index (χ3v) is 6.58. The van der Waals surface area contributed by atoms with Crippen molar-refractivity contribution in [2.75, 3.05) is 18.9 Å². The minimum atomic E-state index is -0.181. The third kappa shape index (κ3) is 5.66. The number of para-hydroxylation sites is 3. The van der Waals surface area contributed by atoms with Crippen molar-refractivity contribution in [2.24, 2.45) is 0 Å². The van der Waals surface area contributed by atoms with Gasteiger partial charge >= 0.3 is 0 Å². The summed E-state index contributed by atoms with van der Waals surface area (Å²) in [5.74, 6) is 0.718. The molecule has 0 saturated carbocycles. The number of benzene rings is 2. The number of hydrogen-bond acceptors (Lipinski definition) is 5. The SMILES string of the molecule is CCOc1ccccc1-n1c(SCC(=O)NCCC2=CCCCC2)nc2ccccc2c1=O. The average molecular weight is 464 g/mol. The highest BCUT2D eigenvalue weighted by Gasteiger charge is 2.17. The van der Waals surface area contributed by atoms with Crippen molar-refractivity contribution in [3.05, 3.63) is 70.5 Å². The number of thioether (sulfide) groups is 1. The minimum absolute atomic E-state index is 0.0662. The van der Waals surface area contributed by atoms with E-state index in [1.54, 1.807) is 10.6 Å². The highest BCUT2D eigenvalue weighted by Crippen LogP contribution is 2.27. The average Bonchev–Trinajstić information content (AvgIpc) is 2.84. The topological polar surface area (TPSA) is 73.2 Å². The number of allylic oxidation sites excluding steroid dienone is 1. The maximum Gasteiger partial charge on any atom is 0.266 e. The summed E-state index contributed by atoms with van der Waals surface area (Å²) in [6, 6.07) is 14.7. The van der Waals surface area contributed by atoms with E-state index in [4.69, 9.17) is 9.72 Å². The second kappa shape index (κ2) is 11.2. The van der Waals surface area contributed by atoms with E-state index in [0.717, 1.165) is 19.3 Å². The maximum atomic E-state index is 13.4. The molecule has 0 spiro atoms. The van der Waals surface area contributed by atoms with Crippen LogP contribution < -0.4 is 15.6 Å². The fourth-order valence-electron chi connectivity index (χ4n) is 4.02. The van der Waals surface area contributed by atoms with Crippen LogP contribution in [0.5, 0.6) is 5.75 Å². The molecule has 0 fully saturated rings. The molecule has 0 radical (unpaired) electrons. The van der Waals surface area contributed by atoms with Gasteiger partial charge in [-0.2, -0.15) is 0 Å². The number of carbonyl (C=O) groups excluding carboxylic acids is 1. The quantitative estimate of drug-likeness (QED) is 0.278. The maximum absolute atomic E-state index is 13.4. The number of aromatic nitrogens is 2. The number of fused-ring (bicyclic) bond motifs is 1. The normalized spacial score (nSPS) is 13.5. The fourth-order valence-corrected chi connectivity index (χ4v) is 4.85. The molecule has 0 unspecified atom stereocenters. The Morgan fingerprint density at radius 1 is 1.15 bits per heavy atom. The first-order valence-electron chi connectivity index (χ1n) is 11.5. The molecule has 0 saturated heterocycles. The lowest BCUT2D eigenvalue weighted by molar-refractivity contribution is -0.118. The van der Waals surface area contributed by atoms with Gasteiger partial charge in [-0.25, -0.2) is 4.98 Å². The summed E-state index contributed by atoms with van der Waals surface area (Å²) in [4.78, 5) is 30.7. The van der Waals surface area contributed by atoms with Crippen LogP contribution in [-0.4, -0.2) is 34.4 Å². The van der Waals surface area contributed by atoms with Crippen molar-refractivity contribution in [1.29, 1.82) is 0 Å². The van der Waals surface area contributed by atoms with Crippen LogP contribution >= 0.6 is 11.8 Å². The second-order valence-corrected chi connectivity index (χ2v) is 8.89. The molecule has 1 aliphatic rings. The van der Waals surface area contributed by atoms with Crippen LogP contribution in [0.1, 0.15) is 39.0 Å². The summed E-state index contributed by atoms with van der Waals surface area (Å²) >= 11 is 1.26. The van der Waals surface area contributed by atoms with E-state index in [1.807, 2.05) is 49.4 Å². The van der Waals surface area contributed by atoms with Gasteiger partial charge in [0.15, 0.2) is 5.16 Å². The van der Waals surface area contributed by atoms with Gasteiger partial charge in [0, 0.05) is 6.54 Å². The lowest BCUT2D eigenvalue weighted by Crippen LogP contribution is -2.27. The molecule has 7 heteroatoms. The van der Waals surface area contributed by atoms with E-state index >= 15 is 0 Å². The van der Waals surface area contributed by atoms with Crippen LogP contribution in [0.15, 0.2) is 70.1 Å². The first-order valence-corrected chi connectivity index (χ1v) is 12.5. The zero-order valence-electron chi connectivity index (χ0n) is 18.9. The molecular weight excluding hydrogens is 434 g/mol. The lowest BCUT2D eigenvalue weighted by atomic mass is 9.97. The standard InChI is InChI=1S/C26H29N3O3S/c1-2-32-23-15-9-8-14-22(23)29-25(31)20-12-6-7-13-21(20)28-26(29)33-18-24(30)27-17-16-19-10-4-3-5-11-19/h6-10,12-15H,2-5,11,16-18H2,1H3,(H,27,30). The molecule has 6 nitrogen and oxygen atoms in total. The number of nitrogens with one attached hydrogen (secondary N) is 1. The number of amides is 1. The van der Waals surface area contributed by atoms with Crippen LogP contribution in [0.2, 0.25) is 0 Å². The number of nitrogens with zero attached hydrogens (tertiary/aromatic N) is 2. The molecule has 0 bridgehead atoms. The van der Waals surface area contributed by atoms with Crippen molar-refractivity contribution in [3.63, 3.8) is 0 Å². The monoisotopic (exact) mass is 463 g/mol. The fraction of sp³-hybridized carbons (Fsp3) is 0.346. The minimum Gasteiger partial charge on any atom is -0.492 e. The second-order valence-electron chi connectivity index (χ2n) is 7.95. The lowest BCUT2D eigenvalue weighted by Gasteiger charge is -2.16. The van der Waals surface area contributed by atoms with Crippen molar-refractivity contribution in [3.8, 4) is 11.4 Å². The van der Waals surface area contributed by atoms with Crippen LogP contribution in [0, 0.1) is 0 Å². The number of carbonyl (C=O) groups is 1. The van der Waals surface area contributed by atoms with Crippen LogP contribution in [0.4, 0.5) is 0 Å². The molecule has 0 atom stereocenters. The molecule has 1 aliphatic carbocycles. The van der Waals surface area contributed by atoms with Crippen molar-refractivity contribution < 1.29 is 9.53 Å². The zero-order chi connectivity index (χ0) is 23.0. The van der Waals surface area contributed by atoms with Gasteiger partial charge in [0.1, 0.15) is 5.75 Å². The Morgan fingerprint density at radius 2 is 1.97 bits per heavy atom. The van der Waals surface area contributed by atoms with Gasteiger partial charge in [-0.15, -0.1) is 0 Å². The summed E-state index contributed by atoms with van der Waals surface area (Å²) in [5.41, 5.74) is 2.49. The smallest absolute Gasteiger partial charge is 0.266 e. The Labute approximate surface area is 198 Å². The molecule has 1 heterocycles. The van der Waals surface area contributed by atoms with Gasteiger partial charge in [-0.3, -0.25) is 14.2 Å². The molecule has 4 rings (SSSR count). The Kier molecular flexibility index (Phi) is 7.83. The highest BCUT2D eigenvalue weighted by atomic mass is 32.2. The summed E-state index contributed by atoms with van der Waals surface area (Å²) in [6.07, 6.45) is 7.99. The van der Waals surface area contributed by atoms with E-state index in [2.05, 4.69) is 11.4 Å². The van der Waals surface area contributed by atoms with Gasteiger partial charge in [-0.05, 0) is 63.3 Å². The molecule has 3 aromatic rings. The van der Waals surface area contributed by atoms with Crippen LogP contribution in [0.3, 0.4) is 0 Å². The van der Waals surface area contributed by atoms with E-state index in [0.29, 0.717) is 40.6 Å². The van der Waals surface area contributed by atoms with E-state index in [9.17, 15) is 9.59 Å². The molecule has 0 aliphatic heterocycles. The van der Waals surface area contributed by atoms with Gasteiger partial charge in [0.25, 0.3) is 5.56 Å². The van der Waals surface area contributed by atoms with Crippen LogP contribution in [-0.2, 0) is 4.79 Å². The van der Waals surface area contributed by atoms with Gasteiger partial charge < -0.3 is 10.1 Å². The largest absolute Gasteiger partial charge is 0.492 e. The van der Waals surface area contributed by atoms with Crippen molar-refractivity contribution in [1.82, 2.24) is 14.9 Å². The molecule has 2 aromatic carbocycles. The molecule has 172 valence electrons. The number of ether oxygens (including phenoxy) is 1. The highest BCUT2D eigenvalue weighted by molar-refractivity contribution is 7.99. The summed E-state index contributed by atoms with van der Waals surface area (Å²) in [5, 5.41) is 4.00. The molecular formula is C26H29N3O3S. The summed E-state index contributed by atoms with van der Waals surface area (Å²) < 4.78 is 7.32. The van der Waals surface area contributed by atoms with Crippen LogP contribution in [0.25, 0.3) is 16.6 Å². The van der Waals surface area contributed by atoms with E-state index in [1.165, 1.54) is 30.2 Å². The molecule has 33 heavy (non-hydrogen) atoms. The summed E-state index contributed by atoms with van der Waals surface area (Å²) in [7, 11) is 0. The van der Waals surface area contributed by atoms with Gasteiger partial charge in [0.05, 0.1) is 29.0 Å². The predicted molar refractivity (Wildman–Crippen MR) is 133 cm³/mol. The van der Waals surface area contributed by atoms with E-state index < -0.39 is 0 Å². The summed E-state index contributed by atoms with van der Waals surface area (Å²) in [6.45, 7) is 3.02. The van der Waals surface area contributed by atoms with E-state index in [-0.39, 0.29) is 17.2 Å². The van der Waals surface area contributed by atoms with Gasteiger partial charge in [0.2, 0.25) is 5.91 Å². The number of hydrogen-bond donors (Lipinski definition) is 1. The zero-order valence-corrected chi connectivity index (χ0v) is 19.7. The Bertz CT molecular complexity index is 1220.